The molecule has 0 spiro atoms. The van der Waals surface area contributed by atoms with Crippen molar-refractivity contribution in [1.29, 1.82) is 0 Å². The molecule has 0 aliphatic heterocycles. The van der Waals surface area contributed by atoms with E-state index in [1.54, 1.807) is 18.3 Å². The van der Waals surface area contributed by atoms with E-state index in [1.165, 1.54) is 0 Å². The molecule has 1 rings (SSSR count). The Bertz CT molecular complexity index is 362. The molecule has 1 unspecified atom stereocenters. The second-order valence-electron chi connectivity index (χ2n) is 3.54. The SMILES string of the molecule is CC(CNC(=O)Cc1ccsc1)C(N)=NO. The van der Waals surface area contributed by atoms with Gasteiger partial charge in [0.1, 0.15) is 5.84 Å². The van der Waals surface area contributed by atoms with Crippen molar-refractivity contribution in [3.8, 4) is 0 Å². The second-order valence-corrected chi connectivity index (χ2v) is 4.32. The molecule has 1 amide bonds. The molecule has 5 nitrogen and oxygen atoms in total. The molecule has 1 aromatic rings. The standard InChI is InChI=1S/C10H15N3O2S/c1-7(10(11)13-15)5-12-9(14)4-8-2-3-16-6-8/h2-3,6-7,15H,4-5H2,1H3,(H2,11,13)(H,12,14). The van der Waals surface area contributed by atoms with Crippen molar-refractivity contribution < 1.29 is 10.0 Å². The number of thiophene rings is 1. The van der Waals surface area contributed by atoms with Gasteiger partial charge in [0.15, 0.2) is 0 Å². The minimum Gasteiger partial charge on any atom is -0.409 e. The molecule has 0 saturated carbocycles. The number of amidine groups is 1. The van der Waals surface area contributed by atoms with Crippen molar-refractivity contribution >= 4 is 23.1 Å². The first-order valence-corrected chi connectivity index (χ1v) is 5.83. The van der Waals surface area contributed by atoms with Crippen LogP contribution in [0.15, 0.2) is 22.0 Å². The van der Waals surface area contributed by atoms with Crippen LogP contribution in [0.25, 0.3) is 0 Å². The molecule has 88 valence electrons. The van der Waals surface area contributed by atoms with Crippen LogP contribution in [0.4, 0.5) is 0 Å². The molecule has 0 aromatic carbocycles. The topological polar surface area (TPSA) is 87.7 Å². The summed E-state index contributed by atoms with van der Waals surface area (Å²) in [6, 6.07) is 1.91. The van der Waals surface area contributed by atoms with Crippen molar-refractivity contribution in [3.63, 3.8) is 0 Å². The van der Waals surface area contributed by atoms with Gasteiger partial charge in [-0.3, -0.25) is 4.79 Å². The molecule has 1 atom stereocenters. The van der Waals surface area contributed by atoms with E-state index in [9.17, 15) is 4.79 Å². The van der Waals surface area contributed by atoms with Crippen LogP contribution in [0.5, 0.6) is 0 Å². The van der Waals surface area contributed by atoms with E-state index in [0.717, 1.165) is 5.56 Å². The number of nitrogens with one attached hydrogen (secondary N) is 1. The fraction of sp³-hybridized carbons (Fsp3) is 0.400. The molecule has 0 saturated heterocycles. The Morgan fingerprint density at radius 2 is 2.50 bits per heavy atom. The van der Waals surface area contributed by atoms with E-state index < -0.39 is 0 Å². The van der Waals surface area contributed by atoms with Gasteiger partial charge >= 0.3 is 0 Å². The third-order valence-electron chi connectivity index (χ3n) is 2.17. The summed E-state index contributed by atoms with van der Waals surface area (Å²) in [7, 11) is 0. The highest BCUT2D eigenvalue weighted by atomic mass is 32.1. The third kappa shape index (κ3) is 3.90. The maximum atomic E-state index is 11.5. The van der Waals surface area contributed by atoms with Crippen LogP contribution >= 0.6 is 11.3 Å². The lowest BCUT2D eigenvalue weighted by atomic mass is 10.1. The lowest BCUT2D eigenvalue weighted by Crippen LogP contribution is -2.35. The first-order valence-electron chi connectivity index (χ1n) is 4.88. The summed E-state index contributed by atoms with van der Waals surface area (Å²) in [5.41, 5.74) is 6.39. The van der Waals surface area contributed by atoms with Gasteiger partial charge in [-0.05, 0) is 22.4 Å². The van der Waals surface area contributed by atoms with E-state index >= 15 is 0 Å². The van der Waals surface area contributed by atoms with Gasteiger partial charge in [-0.15, -0.1) is 0 Å². The summed E-state index contributed by atoms with van der Waals surface area (Å²) < 4.78 is 0. The Morgan fingerprint density at radius 3 is 3.06 bits per heavy atom. The Hall–Kier alpha value is -1.56. The lowest BCUT2D eigenvalue weighted by molar-refractivity contribution is -0.120. The van der Waals surface area contributed by atoms with Crippen molar-refractivity contribution in [1.82, 2.24) is 5.32 Å². The minimum atomic E-state index is -0.170. The van der Waals surface area contributed by atoms with Gasteiger partial charge in [0.05, 0.1) is 6.42 Å². The molecular formula is C10H15N3O2S. The number of amides is 1. The molecular weight excluding hydrogens is 226 g/mol. The van der Waals surface area contributed by atoms with Gasteiger partial charge in [0.25, 0.3) is 0 Å². The maximum absolute atomic E-state index is 11.5. The molecule has 0 fully saturated rings. The Kier molecular flexibility index (Phi) is 4.78. The van der Waals surface area contributed by atoms with E-state index in [-0.39, 0.29) is 17.7 Å². The number of hydrogen-bond acceptors (Lipinski definition) is 4. The summed E-state index contributed by atoms with van der Waals surface area (Å²) >= 11 is 1.56. The van der Waals surface area contributed by atoms with Crippen LogP contribution in [0.3, 0.4) is 0 Å². The van der Waals surface area contributed by atoms with Crippen molar-refractivity contribution in [3.05, 3.63) is 22.4 Å². The summed E-state index contributed by atoms with van der Waals surface area (Å²) in [6.45, 7) is 2.15. The third-order valence-corrected chi connectivity index (χ3v) is 2.90. The summed E-state index contributed by atoms with van der Waals surface area (Å²) in [4.78, 5) is 11.5. The predicted octanol–water partition coefficient (Wildman–Crippen LogP) is 0.789. The smallest absolute Gasteiger partial charge is 0.224 e. The highest BCUT2D eigenvalue weighted by Crippen LogP contribution is 2.06. The molecule has 0 radical (unpaired) electrons. The van der Waals surface area contributed by atoms with E-state index in [1.807, 2.05) is 16.8 Å². The van der Waals surface area contributed by atoms with E-state index in [4.69, 9.17) is 10.9 Å². The predicted molar refractivity (Wildman–Crippen MR) is 63.6 cm³/mol. The van der Waals surface area contributed by atoms with E-state index in [2.05, 4.69) is 10.5 Å². The van der Waals surface area contributed by atoms with Crippen molar-refractivity contribution in [2.75, 3.05) is 6.54 Å². The fourth-order valence-corrected chi connectivity index (χ4v) is 1.78. The zero-order valence-corrected chi connectivity index (χ0v) is 9.83. The lowest BCUT2D eigenvalue weighted by Gasteiger charge is -2.10. The summed E-state index contributed by atoms with van der Waals surface area (Å²) in [5, 5.41) is 17.9. The number of oxime groups is 1. The number of rotatable bonds is 5. The quantitative estimate of drug-likeness (QED) is 0.308. The molecule has 1 aromatic heterocycles. The molecule has 0 aliphatic rings. The first-order chi connectivity index (χ1) is 7.63. The molecule has 4 N–H and O–H groups in total. The number of nitrogens with two attached hydrogens (primary N) is 1. The van der Waals surface area contributed by atoms with Crippen LogP contribution in [0.1, 0.15) is 12.5 Å². The Balaban J connectivity index is 2.30. The van der Waals surface area contributed by atoms with Crippen LogP contribution in [-0.4, -0.2) is 23.5 Å². The van der Waals surface area contributed by atoms with Gasteiger partial charge in [-0.2, -0.15) is 11.3 Å². The summed E-state index contributed by atoms with van der Waals surface area (Å²) in [5.74, 6) is -0.108. The second kappa shape index (κ2) is 6.12. The van der Waals surface area contributed by atoms with Crippen molar-refractivity contribution in [2.45, 2.75) is 13.3 Å². The maximum Gasteiger partial charge on any atom is 0.224 e. The number of hydrogen-bond donors (Lipinski definition) is 3. The molecule has 0 bridgehead atoms. The normalized spacial score (nSPS) is 13.4. The van der Waals surface area contributed by atoms with Gasteiger partial charge in [0, 0.05) is 12.5 Å². The Morgan fingerprint density at radius 1 is 1.75 bits per heavy atom. The number of carbonyl (C=O) groups excluding carboxylic acids is 1. The number of nitrogens with zero attached hydrogens (tertiary/aromatic N) is 1. The average molecular weight is 241 g/mol. The van der Waals surface area contributed by atoms with E-state index in [0.29, 0.717) is 13.0 Å². The van der Waals surface area contributed by atoms with Gasteiger partial charge in [0.2, 0.25) is 5.91 Å². The molecule has 16 heavy (non-hydrogen) atoms. The monoisotopic (exact) mass is 241 g/mol. The van der Waals surface area contributed by atoms with Gasteiger partial charge in [-0.1, -0.05) is 12.1 Å². The van der Waals surface area contributed by atoms with Crippen LogP contribution in [0.2, 0.25) is 0 Å². The highest BCUT2D eigenvalue weighted by Gasteiger charge is 2.09. The van der Waals surface area contributed by atoms with Gasteiger partial charge < -0.3 is 16.3 Å². The average Bonchev–Trinajstić information content (AvgIpc) is 2.77. The highest BCUT2D eigenvalue weighted by molar-refractivity contribution is 7.07. The molecule has 1 heterocycles. The van der Waals surface area contributed by atoms with Crippen molar-refractivity contribution in [2.24, 2.45) is 16.8 Å². The largest absolute Gasteiger partial charge is 0.409 e. The zero-order chi connectivity index (χ0) is 12.0. The zero-order valence-electron chi connectivity index (χ0n) is 9.01. The minimum absolute atomic E-state index is 0.0593. The number of carbonyl (C=O) groups is 1. The van der Waals surface area contributed by atoms with Gasteiger partial charge in [-0.25, -0.2) is 0 Å². The fourth-order valence-electron chi connectivity index (χ4n) is 1.11. The summed E-state index contributed by atoms with van der Waals surface area (Å²) in [6.07, 6.45) is 0.367. The first kappa shape index (κ1) is 12.5. The van der Waals surface area contributed by atoms with Crippen LogP contribution in [-0.2, 0) is 11.2 Å². The molecule has 0 aliphatic carbocycles. The van der Waals surface area contributed by atoms with Crippen LogP contribution < -0.4 is 11.1 Å². The Labute approximate surface area is 98.0 Å². The molecule has 6 heteroatoms. The van der Waals surface area contributed by atoms with Crippen LogP contribution in [0, 0.1) is 5.92 Å².